The second-order valence-corrected chi connectivity index (χ2v) is 3.73. The van der Waals surface area contributed by atoms with Gasteiger partial charge in [-0.15, -0.1) is 0 Å². The van der Waals surface area contributed by atoms with Crippen molar-refractivity contribution in [3.05, 3.63) is 29.8 Å². The molecule has 0 aliphatic heterocycles. The summed E-state index contributed by atoms with van der Waals surface area (Å²) in [5.74, 6) is -2.57. The van der Waals surface area contributed by atoms with E-state index in [1.54, 1.807) is 0 Å². The number of carbonyl (C=O) groups excluding carboxylic acids is 2. The predicted octanol–water partition coefficient (Wildman–Crippen LogP) is 1.17. The summed E-state index contributed by atoms with van der Waals surface area (Å²) in [5.41, 5.74) is 0.123. The number of hydrogen-bond acceptors (Lipinski definition) is 2. The molecule has 1 rings (SSSR count). The van der Waals surface area contributed by atoms with E-state index in [0.717, 1.165) is 12.1 Å². The molecule has 0 atom stereocenters. The molecule has 0 fully saturated rings. The Morgan fingerprint density at radius 2 is 1.89 bits per heavy atom. The molecular formula is C11H13F2N3O2. The molecule has 2 N–H and O–H groups in total. The molecule has 1 aromatic rings. The lowest BCUT2D eigenvalue weighted by molar-refractivity contribution is -0.115. The standard InChI is InChI=1S/C11H13F2N3O2/c1-16(2)11(18)14-6-10(17)15-7-3-4-8(12)9(13)5-7/h3-5H,6H2,1-2H3,(H,14,18)(H,15,17). The van der Waals surface area contributed by atoms with E-state index in [1.165, 1.54) is 25.1 Å². The lowest BCUT2D eigenvalue weighted by Crippen LogP contribution is -2.39. The van der Waals surface area contributed by atoms with Crippen molar-refractivity contribution in [3.63, 3.8) is 0 Å². The number of anilines is 1. The molecule has 0 radical (unpaired) electrons. The Kier molecular flexibility index (Phi) is 4.59. The number of rotatable bonds is 3. The van der Waals surface area contributed by atoms with Gasteiger partial charge in [-0.25, -0.2) is 13.6 Å². The topological polar surface area (TPSA) is 61.4 Å². The average Bonchev–Trinajstić information content (AvgIpc) is 2.30. The first-order chi connectivity index (χ1) is 8.40. The molecule has 7 heteroatoms. The number of urea groups is 1. The molecule has 0 aliphatic rings. The number of carbonyl (C=O) groups is 2. The summed E-state index contributed by atoms with van der Waals surface area (Å²) in [4.78, 5) is 23.8. The first-order valence-electron chi connectivity index (χ1n) is 5.10. The quantitative estimate of drug-likeness (QED) is 0.854. The number of nitrogens with one attached hydrogen (secondary N) is 2. The first-order valence-corrected chi connectivity index (χ1v) is 5.10. The minimum Gasteiger partial charge on any atom is -0.331 e. The van der Waals surface area contributed by atoms with Crippen molar-refractivity contribution >= 4 is 17.6 Å². The van der Waals surface area contributed by atoms with Crippen LogP contribution in [0.3, 0.4) is 0 Å². The van der Waals surface area contributed by atoms with Crippen molar-refractivity contribution < 1.29 is 18.4 Å². The van der Waals surface area contributed by atoms with Gasteiger partial charge in [0, 0.05) is 25.8 Å². The molecule has 18 heavy (non-hydrogen) atoms. The van der Waals surface area contributed by atoms with Crippen LogP contribution >= 0.6 is 0 Å². The molecule has 0 unspecified atom stereocenters. The third-order valence-corrected chi connectivity index (χ3v) is 2.01. The molecule has 0 saturated heterocycles. The summed E-state index contributed by atoms with van der Waals surface area (Å²) >= 11 is 0. The second-order valence-electron chi connectivity index (χ2n) is 3.73. The molecule has 0 aliphatic carbocycles. The maximum atomic E-state index is 12.8. The van der Waals surface area contributed by atoms with Crippen molar-refractivity contribution in [2.45, 2.75) is 0 Å². The first kappa shape index (κ1) is 13.9. The summed E-state index contributed by atoms with van der Waals surface area (Å²) in [6.07, 6.45) is 0. The monoisotopic (exact) mass is 257 g/mol. The zero-order chi connectivity index (χ0) is 13.7. The van der Waals surface area contributed by atoms with E-state index in [1.807, 2.05) is 0 Å². The molecule has 98 valence electrons. The number of amides is 3. The lowest BCUT2D eigenvalue weighted by Gasteiger charge is -2.11. The minimum atomic E-state index is -1.05. The number of benzene rings is 1. The van der Waals surface area contributed by atoms with Crippen LogP contribution in [0.4, 0.5) is 19.3 Å². The highest BCUT2D eigenvalue weighted by atomic mass is 19.2. The van der Waals surface area contributed by atoms with E-state index in [9.17, 15) is 18.4 Å². The second kappa shape index (κ2) is 5.95. The van der Waals surface area contributed by atoms with E-state index in [4.69, 9.17) is 0 Å². The largest absolute Gasteiger partial charge is 0.331 e. The van der Waals surface area contributed by atoms with E-state index >= 15 is 0 Å². The summed E-state index contributed by atoms with van der Waals surface area (Å²) in [5, 5.41) is 4.66. The Labute approximate surface area is 103 Å². The lowest BCUT2D eigenvalue weighted by atomic mass is 10.3. The summed E-state index contributed by atoms with van der Waals surface area (Å²) < 4.78 is 25.5. The van der Waals surface area contributed by atoms with E-state index in [-0.39, 0.29) is 12.2 Å². The van der Waals surface area contributed by atoms with Crippen LogP contribution in [0.2, 0.25) is 0 Å². The molecular weight excluding hydrogens is 244 g/mol. The highest BCUT2D eigenvalue weighted by Gasteiger charge is 2.08. The molecule has 5 nitrogen and oxygen atoms in total. The maximum Gasteiger partial charge on any atom is 0.317 e. The Hall–Kier alpha value is -2.18. The summed E-state index contributed by atoms with van der Waals surface area (Å²) in [6, 6.07) is 2.57. The van der Waals surface area contributed by atoms with Crippen molar-refractivity contribution in [3.8, 4) is 0 Å². The Morgan fingerprint density at radius 1 is 1.22 bits per heavy atom. The van der Waals surface area contributed by atoms with Gasteiger partial charge in [-0.3, -0.25) is 4.79 Å². The van der Waals surface area contributed by atoms with Gasteiger partial charge in [0.1, 0.15) is 0 Å². The van der Waals surface area contributed by atoms with Gasteiger partial charge in [-0.05, 0) is 12.1 Å². The maximum absolute atomic E-state index is 12.8. The van der Waals surface area contributed by atoms with E-state index in [0.29, 0.717) is 0 Å². The van der Waals surface area contributed by atoms with Gasteiger partial charge in [0.05, 0.1) is 6.54 Å². The van der Waals surface area contributed by atoms with Crippen molar-refractivity contribution in [1.82, 2.24) is 10.2 Å². The predicted molar refractivity (Wildman–Crippen MR) is 62.1 cm³/mol. The highest BCUT2D eigenvalue weighted by molar-refractivity contribution is 5.94. The van der Waals surface area contributed by atoms with Crippen molar-refractivity contribution in [2.75, 3.05) is 26.0 Å². The fourth-order valence-electron chi connectivity index (χ4n) is 1.09. The van der Waals surface area contributed by atoms with Crippen LogP contribution in [0.15, 0.2) is 18.2 Å². The van der Waals surface area contributed by atoms with Crippen LogP contribution in [0.25, 0.3) is 0 Å². The fourth-order valence-corrected chi connectivity index (χ4v) is 1.09. The Balaban J connectivity index is 2.49. The minimum absolute atomic E-state index is 0.123. The van der Waals surface area contributed by atoms with Crippen LogP contribution in [0, 0.1) is 11.6 Å². The normalized spacial score (nSPS) is 9.78. The van der Waals surface area contributed by atoms with Gasteiger partial charge in [0.2, 0.25) is 5.91 Å². The van der Waals surface area contributed by atoms with E-state index in [2.05, 4.69) is 10.6 Å². The highest BCUT2D eigenvalue weighted by Crippen LogP contribution is 2.12. The Morgan fingerprint density at radius 3 is 2.44 bits per heavy atom. The van der Waals surface area contributed by atoms with Crippen molar-refractivity contribution in [1.29, 1.82) is 0 Å². The number of halogens is 2. The SMILES string of the molecule is CN(C)C(=O)NCC(=O)Nc1ccc(F)c(F)c1. The molecule has 0 bridgehead atoms. The van der Waals surface area contributed by atoms with Gasteiger partial charge in [0.25, 0.3) is 0 Å². The fraction of sp³-hybridized carbons (Fsp3) is 0.273. The van der Waals surface area contributed by atoms with Crippen molar-refractivity contribution in [2.24, 2.45) is 0 Å². The summed E-state index contributed by atoms with van der Waals surface area (Å²) in [7, 11) is 3.06. The smallest absolute Gasteiger partial charge is 0.317 e. The molecule has 0 heterocycles. The van der Waals surface area contributed by atoms with Gasteiger partial charge in [0.15, 0.2) is 11.6 Å². The molecule has 1 aromatic carbocycles. The average molecular weight is 257 g/mol. The van der Waals surface area contributed by atoms with Gasteiger partial charge < -0.3 is 15.5 Å². The molecule has 0 saturated carbocycles. The third kappa shape index (κ3) is 4.00. The zero-order valence-electron chi connectivity index (χ0n) is 9.96. The molecule has 0 spiro atoms. The van der Waals surface area contributed by atoms with E-state index < -0.39 is 23.6 Å². The van der Waals surface area contributed by atoms with Crippen LogP contribution in [0.5, 0.6) is 0 Å². The van der Waals surface area contributed by atoms with Gasteiger partial charge >= 0.3 is 6.03 Å². The molecule has 0 aromatic heterocycles. The molecule has 3 amide bonds. The number of hydrogen-bond donors (Lipinski definition) is 2. The van der Waals surface area contributed by atoms with Crippen LogP contribution in [0.1, 0.15) is 0 Å². The zero-order valence-corrected chi connectivity index (χ0v) is 9.96. The van der Waals surface area contributed by atoms with Crippen LogP contribution in [-0.4, -0.2) is 37.5 Å². The number of nitrogens with zero attached hydrogens (tertiary/aromatic N) is 1. The van der Waals surface area contributed by atoms with Gasteiger partial charge in [-0.2, -0.15) is 0 Å². The summed E-state index contributed by atoms with van der Waals surface area (Å²) in [6.45, 7) is -0.254. The third-order valence-electron chi connectivity index (χ3n) is 2.01. The van der Waals surface area contributed by atoms with Crippen LogP contribution < -0.4 is 10.6 Å². The van der Waals surface area contributed by atoms with Crippen LogP contribution in [-0.2, 0) is 4.79 Å². The van der Waals surface area contributed by atoms with Gasteiger partial charge in [-0.1, -0.05) is 0 Å². The Bertz CT molecular complexity index is 464.